The first-order chi connectivity index (χ1) is 4.62. The van der Waals surface area contributed by atoms with Crippen molar-refractivity contribution < 1.29 is 4.74 Å². The van der Waals surface area contributed by atoms with Crippen molar-refractivity contribution in [2.45, 2.75) is 25.4 Å². The molecule has 0 aromatic rings. The predicted molar refractivity (Wildman–Crippen MR) is 42.1 cm³/mol. The summed E-state index contributed by atoms with van der Waals surface area (Å²) in [5, 5.41) is 0. The lowest BCUT2D eigenvalue weighted by atomic mass is 9.93. The van der Waals surface area contributed by atoms with Crippen LogP contribution in [0.15, 0.2) is 0 Å². The van der Waals surface area contributed by atoms with Crippen molar-refractivity contribution in [3.8, 4) is 0 Å². The lowest BCUT2D eigenvalue weighted by Gasteiger charge is -2.39. The van der Waals surface area contributed by atoms with E-state index < -0.39 is 0 Å². The topological polar surface area (TPSA) is 12.5 Å². The summed E-state index contributed by atoms with van der Waals surface area (Å²) in [7, 11) is 4.20. The van der Waals surface area contributed by atoms with E-state index in [0.717, 1.165) is 13.2 Å². The number of nitrogens with zero attached hydrogens (tertiary/aromatic N) is 1. The van der Waals surface area contributed by atoms with Gasteiger partial charge in [-0.15, -0.1) is 0 Å². The Hall–Kier alpha value is -0.0800. The molecular formula is C8H17NO. The van der Waals surface area contributed by atoms with Crippen LogP contribution < -0.4 is 0 Å². The molecule has 1 saturated heterocycles. The summed E-state index contributed by atoms with van der Waals surface area (Å²) < 4.78 is 5.44. The third-order valence-electron chi connectivity index (χ3n) is 2.17. The molecule has 0 amide bonds. The summed E-state index contributed by atoms with van der Waals surface area (Å²) in [4.78, 5) is 2.20. The number of hydrogen-bond donors (Lipinski definition) is 0. The van der Waals surface area contributed by atoms with E-state index in [4.69, 9.17) is 4.74 Å². The van der Waals surface area contributed by atoms with Crippen LogP contribution in [0.5, 0.6) is 0 Å². The van der Waals surface area contributed by atoms with Gasteiger partial charge in [0.25, 0.3) is 0 Å². The van der Waals surface area contributed by atoms with Crippen molar-refractivity contribution in [2.75, 3.05) is 27.2 Å². The van der Waals surface area contributed by atoms with Crippen LogP contribution in [0.3, 0.4) is 0 Å². The maximum Gasteiger partial charge on any atom is 0.0688 e. The standard InChI is InChI=1S/C8H17NO/c1-8(5-7-10-8)4-6-9(2)3/h4-7H2,1-3H3. The van der Waals surface area contributed by atoms with E-state index in [9.17, 15) is 0 Å². The number of rotatable bonds is 3. The maximum absolute atomic E-state index is 5.44. The average molecular weight is 143 g/mol. The molecule has 0 aromatic carbocycles. The fourth-order valence-corrected chi connectivity index (χ4v) is 1.11. The normalized spacial score (nSPS) is 32.4. The zero-order chi connectivity index (χ0) is 7.61. The molecule has 2 heteroatoms. The summed E-state index contributed by atoms with van der Waals surface area (Å²) >= 11 is 0. The Morgan fingerprint density at radius 2 is 2.10 bits per heavy atom. The van der Waals surface area contributed by atoms with E-state index >= 15 is 0 Å². The summed E-state index contributed by atoms with van der Waals surface area (Å²) in [6.45, 7) is 4.29. The molecule has 0 spiro atoms. The molecule has 1 rings (SSSR count). The van der Waals surface area contributed by atoms with Gasteiger partial charge in [0.1, 0.15) is 0 Å². The largest absolute Gasteiger partial charge is 0.375 e. The van der Waals surface area contributed by atoms with Crippen molar-refractivity contribution in [2.24, 2.45) is 0 Å². The van der Waals surface area contributed by atoms with Crippen molar-refractivity contribution in [1.29, 1.82) is 0 Å². The fourth-order valence-electron chi connectivity index (χ4n) is 1.11. The van der Waals surface area contributed by atoms with E-state index in [1.807, 2.05) is 0 Å². The van der Waals surface area contributed by atoms with E-state index in [0.29, 0.717) is 0 Å². The molecule has 0 aromatic heterocycles. The van der Waals surface area contributed by atoms with Gasteiger partial charge in [-0.2, -0.15) is 0 Å². The summed E-state index contributed by atoms with van der Waals surface area (Å²) in [5.74, 6) is 0. The van der Waals surface area contributed by atoms with E-state index in [2.05, 4.69) is 25.9 Å². The Bertz CT molecular complexity index is 108. The Balaban J connectivity index is 2.12. The summed E-state index contributed by atoms with van der Waals surface area (Å²) in [5.41, 5.74) is 0.213. The first kappa shape index (κ1) is 8.02. The lowest BCUT2D eigenvalue weighted by Crippen LogP contribution is -2.42. The van der Waals surface area contributed by atoms with Gasteiger partial charge in [-0.05, 0) is 33.9 Å². The van der Waals surface area contributed by atoms with Gasteiger partial charge in [0.05, 0.1) is 12.2 Å². The molecule has 0 aliphatic carbocycles. The fraction of sp³-hybridized carbons (Fsp3) is 1.00. The predicted octanol–water partition coefficient (Wildman–Crippen LogP) is 1.12. The highest BCUT2D eigenvalue weighted by Gasteiger charge is 2.32. The minimum absolute atomic E-state index is 0.213. The molecule has 0 radical (unpaired) electrons. The Labute approximate surface area is 63.2 Å². The monoisotopic (exact) mass is 143 g/mol. The molecule has 10 heavy (non-hydrogen) atoms. The summed E-state index contributed by atoms with van der Waals surface area (Å²) in [6.07, 6.45) is 2.40. The molecule has 60 valence electrons. The molecule has 1 unspecified atom stereocenters. The Morgan fingerprint density at radius 1 is 1.50 bits per heavy atom. The maximum atomic E-state index is 5.44. The minimum atomic E-state index is 0.213. The molecule has 1 fully saturated rings. The van der Waals surface area contributed by atoms with Crippen LogP contribution in [-0.2, 0) is 4.74 Å². The highest BCUT2D eigenvalue weighted by Crippen LogP contribution is 2.28. The van der Waals surface area contributed by atoms with Crippen LogP contribution in [-0.4, -0.2) is 37.7 Å². The van der Waals surface area contributed by atoms with Crippen LogP contribution in [0.2, 0.25) is 0 Å². The van der Waals surface area contributed by atoms with Gasteiger partial charge in [-0.1, -0.05) is 0 Å². The van der Waals surface area contributed by atoms with Crippen LogP contribution >= 0.6 is 0 Å². The molecule has 0 N–H and O–H groups in total. The van der Waals surface area contributed by atoms with Gasteiger partial charge < -0.3 is 9.64 Å². The molecule has 0 saturated carbocycles. The van der Waals surface area contributed by atoms with Gasteiger partial charge in [0.2, 0.25) is 0 Å². The second-order valence-corrected chi connectivity index (χ2v) is 3.60. The van der Waals surface area contributed by atoms with Gasteiger partial charge in [-0.25, -0.2) is 0 Å². The van der Waals surface area contributed by atoms with Gasteiger partial charge in [0.15, 0.2) is 0 Å². The SMILES string of the molecule is CN(C)CCC1(C)CCO1. The molecule has 0 bridgehead atoms. The second-order valence-electron chi connectivity index (χ2n) is 3.60. The van der Waals surface area contributed by atoms with Gasteiger partial charge in [0, 0.05) is 6.54 Å². The van der Waals surface area contributed by atoms with Crippen LogP contribution in [0, 0.1) is 0 Å². The highest BCUT2D eigenvalue weighted by atomic mass is 16.5. The van der Waals surface area contributed by atoms with Crippen molar-refractivity contribution in [1.82, 2.24) is 4.90 Å². The number of hydrogen-bond acceptors (Lipinski definition) is 2. The third kappa shape index (κ3) is 1.96. The zero-order valence-electron chi connectivity index (χ0n) is 7.18. The zero-order valence-corrected chi connectivity index (χ0v) is 7.18. The first-order valence-corrected chi connectivity index (χ1v) is 3.91. The van der Waals surface area contributed by atoms with Crippen LogP contribution in [0.25, 0.3) is 0 Å². The lowest BCUT2D eigenvalue weighted by molar-refractivity contribution is -0.139. The quantitative estimate of drug-likeness (QED) is 0.587. The Morgan fingerprint density at radius 3 is 2.40 bits per heavy atom. The van der Waals surface area contributed by atoms with Crippen molar-refractivity contribution in [3.63, 3.8) is 0 Å². The van der Waals surface area contributed by atoms with Gasteiger partial charge in [-0.3, -0.25) is 0 Å². The van der Waals surface area contributed by atoms with Gasteiger partial charge >= 0.3 is 0 Å². The summed E-state index contributed by atoms with van der Waals surface area (Å²) in [6, 6.07) is 0. The van der Waals surface area contributed by atoms with Crippen LogP contribution in [0.4, 0.5) is 0 Å². The van der Waals surface area contributed by atoms with Crippen molar-refractivity contribution in [3.05, 3.63) is 0 Å². The highest BCUT2D eigenvalue weighted by molar-refractivity contribution is 4.82. The molecule has 1 aliphatic heterocycles. The molecular weight excluding hydrogens is 126 g/mol. The first-order valence-electron chi connectivity index (χ1n) is 3.91. The Kier molecular flexibility index (Phi) is 2.32. The van der Waals surface area contributed by atoms with Crippen LogP contribution in [0.1, 0.15) is 19.8 Å². The van der Waals surface area contributed by atoms with Crippen molar-refractivity contribution >= 4 is 0 Å². The smallest absolute Gasteiger partial charge is 0.0688 e. The van der Waals surface area contributed by atoms with E-state index in [1.165, 1.54) is 12.8 Å². The second kappa shape index (κ2) is 2.89. The number of ether oxygens (including phenoxy) is 1. The molecule has 1 heterocycles. The van der Waals surface area contributed by atoms with E-state index in [-0.39, 0.29) is 5.60 Å². The van der Waals surface area contributed by atoms with E-state index in [1.54, 1.807) is 0 Å². The molecule has 1 atom stereocenters. The molecule has 2 nitrogen and oxygen atoms in total. The molecule has 1 aliphatic rings. The average Bonchev–Trinajstić information content (AvgIpc) is 1.79. The minimum Gasteiger partial charge on any atom is -0.375 e. The third-order valence-corrected chi connectivity index (χ3v) is 2.17.